The molecule has 0 aliphatic carbocycles. The van der Waals surface area contributed by atoms with Crippen LogP contribution in [0.1, 0.15) is 28.9 Å². The topological polar surface area (TPSA) is 37.6 Å². The van der Waals surface area contributed by atoms with Gasteiger partial charge >= 0.3 is 0 Å². The molecular weight excluding hydrogens is 238 g/mol. The maximum atomic E-state index is 11.0. The van der Waals surface area contributed by atoms with Gasteiger partial charge in [0.15, 0.2) is 6.29 Å². The normalized spacial score (nSPS) is 20.8. The van der Waals surface area contributed by atoms with Crippen molar-refractivity contribution in [2.24, 2.45) is 5.92 Å². The number of pyridine rings is 1. The Hall–Kier alpha value is -1.68. The molecule has 3 rings (SSSR count). The first-order valence-electron chi connectivity index (χ1n) is 6.86. The minimum Gasteiger partial charge on any atom is -0.306 e. The van der Waals surface area contributed by atoms with Gasteiger partial charge < -0.3 is 9.30 Å². The van der Waals surface area contributed by atoms with E-state index in [-0.39, 0.29) is 0 Å². The van der Waals surface area contributed by atoms with Gasteiger partial charge in [-0.25, -0.2) is 4.98 Å². The van der Waals surface area contributed by atoms with E-state index in [1.54, 1.807) is 0 Å². The Morgan fingerprint density at radius 3 is 3.21 bits per heavy atom. The molecule has 100 valence electrons. The van der Waals surface area contributed by atoms with Gasteiger partial charge in [0, 0.05) is 18.9 Å². The molecule has 1 aliphatic rings. The molecule has 1 atom stereocenters. The summed E-state index contributed by atoms with van der Waals surface area (Å²) in [5.41, 5.74) is 2.53. The Kier molecular flexibility index (Phi) is 3.34. The molecule has 0 bridgehead atoms. The molecule has 4 heteroatoms. The largest absolute Gasteiger partial charge is 0.306 e. The number of aromatic nitrogens is 2. The molecule has 1 fully saturated rings. The molecule has 19 heavy (non-hydrogen) atoms. The van der Waals surface area contributed by atoms with Crippen LogP contribution in [0.4, 0.5) is 0 Å². The van der Waals surface area contributed by atoms with Crippen molar-refractivity contribution in [1.29, 1.82) is 0 Å². The van der Waals surface area contributed by atoms with E-state index in [9.17, 15) is 4.79 Å². The average Bonchev–Trinajstić information content (AvgIpc) is 2.80. The zero-order valence-electron chi connectivity index (χ0n) is 11.2. The van der Waals surface area contributed by atoms with Gasteiger partial charge in [-0.05, 0) is 50.9 Å². The lowest BCUT2D eigenvalue weighted by molar-refractivity contribution is 0.112. The monoisotopic (exact) mass is 257 g/mol. The Morgan fingerprint density at radius 2 is 2.42 bits per heavy atom. The summed E-state index contributed by atoms with van der Waals surface area (Å²) in [4.78, 5) is 18.0. The number of nitrogens with zero attached hydrogens (tertiary/aromatic N) is 3. The first kappa shape index (κ1) is 12.4. The van der Waals surface area contributed by atoms with Crippen LogP contribution in [0.2, 0.25) is 0 Å². The van der Waals surface area contributed by atoms with Crippen molar-refractivity contribution in [3.8, 4) is 0 Å². The van der Waals surface area contributed by atoms with Crippen LogP contribution in [0, 0.1) is 5.92 Å². The van der Waals surface area contributed by atoms with E-state index in [0.29, 0.717) is 11.5 Å². The Morgan fingerprint density at radius 1 is 1.53 bits per heavy atom. The first-order chi connectivity index (χ1) is 9.26. The quantitative estimate of drug-likeness (QED) is 0.790. The zero-order chi connectivity index (χ0) is 13.2. The molecule has 0 amide bonds. The number of piperidine rings is 1. The molecule has 1 aliphatic heterocycles. The maximum absolute atomic E-state index is 11.0. The zero-order valence-corrected chi connectivity index (χ0v) is 11.2. The Labute approximate surface area is 113 Å². The van der Waals surface area contributed by atoms with Gasteiger partial charge in [-0.3, -0.25) is 4.79 Å². The molecule has 0 saturated carbocycles. The number of hydrogen-bond donors (Lipinski definition) is 0. The fraction of sp³-hybridized carbons (Fsp3) is 0.467. The van der Waals surface area contributed by atoms with Gasteiger partial charge in [0.25, 0.3) is 0 Å². The highest BCUT2D eigenvalue weighted by atomic mass is 16.1. The summed E-state index contributed by atoms with van der Waals surface area (Å²) >= 11 is 0. The fourth-order valence-electron chi connectivity index (χ4n) is 3.01. The van der Waals surface area contributed by atoms with Crippen LogP contribution in [0.25, 0.3) is 5.65 Å². The third-order valence-corrected chi connectivity index (χ3v) is 3.91. The minimum atomic E-state index is 0.662. The van der Waals surface area contributed by atoms with Crippen molar-refractivity contribution < 1.29 is 4.79 Å². The van der Waals surface area contributed by atoms with Crippen LogP contribution in [-0.4, -0.2) is 40.7 Å². The van der Waals surface area contributed by atoms with Gasteiger partial charge in [0.1, 0.15) is 5.65 Å². The van der Waals surface area contributed by atoms with Crippen molar-refractivity contribution in [1.82, 2.24) is 14.3 Å². The summed E-state index contributed by atoms with van der Waals surface area (Å²) in [7, 11) is 2.18. The van der Waals surface area contributed by atoms with E-state index in [0.717, 1.165) is 30.6 Å². The number of carbonyl (C=O) groups excluding carboxylic acids is 1. The SMILES string of the molecule is CN1CCCC(Cc2cn3cccc(C=O)c3n2)C1. The van der Waals surface area contributed by atoms with Gasteiger partial charge in [0.05, 0.1) is 11.3 Å². The lowest BCUT2D eigenvalue weighted by Gasteiger charge is -2.29. The Bertz CT molecular complexity index is 590. The van der Waals surface area contributed by atoms with E-state index >= 15 is 0 Å². The van der Waals surface area contributed by atoms with E-state index < -0.39 is 0 Å². The Balaban J connectivity index is 1.83. The van der Waals surface area contributed by atoms with Crippen LogP contribution in [0.3, 0.4) is 0 Å². The van der Waals surface area contributed by atoms with Crippen molar-refractivity contribution >= 4 is 11.9 Å². The smallest absolute Gasteiger partial charge is 0.153 e. The molecule has 0 spiro atoms. The van der Waals surface area contributed by atoms with Gasteiger partial charge in [-0.15, -0.1) is 0 Å². The van der Waals surface area contributed by atoms with E-state index in [1.807, 2.05) is 22.7 Å². The molecule has 0 N–H and O–H groups in total. The number of hydrogen-bond acceptors (Lipinski definition) is 3. The van der Waals surface area contributed by atoms with E-state index in [2.05, 4.69) is 23.1 Å². The first-order valence-corrected chi connectivity index (χ1v) is 6.86. The summed E-state index contributed by atoms with van der Waals surface area (Å²) < 4.78 is 1.95. The molecule has 0 radical (unpaired) electrons. The van der Waals surface area contributed by atoms with Gasteiger partial charge in [0.2, 0.25) is 0 Å². The molecule has 3 heterocycles. The fourth-order valence-corrected chi connectivity index (χ4v) is 3.01. The second-order valence-electron chi connectivity index (χ2n) is 5.52. The highest BCUT2D eigenvalue weighted by Crippen LogP contribution is 2.20. The summed E-state index contributed by atoms with van der Waals surface area (Å²) in [6.45, 7) is 2.35. The van der Waals surface area contributed by atoms with Crippen LogP contribution in [0.5, 0.6) is 0 Å². The van der Waals surface area contributed by atoms with E-state index in [4.69, 9.17) is 0 Å². The second kappa shape index (κ2) is 5.13. The number of imidazole rings is 1. The third kappa shape index (κ3) is 2.54. The van der Waals surface area contributed by atoms with Crippen molar-refractivity contribution in [2.45, 2.75) is 19.3 Å². The molecule has 2 aromatic rings. The highest BCUT2D eigenvalue weighted by Gasteiger charge is 2.18. The van der Waals surface area contributed by atoms with Gasteiger partial charge in [-0.1, -0.05) is 0 Å². The van der Waals surface area contributed by atoms with Crippen LogP contribution >= 0.6 is 0 Å². The predicted molar refractivity (Wildman–Crippen MR) is 74.5 cm³/mol. The molecule has 1 saturated heterocycles. The number of likely N-dealkylation sites (tertiary alicyclic amines) is 1. The average molecular weight is 257 g/mol. The van der Waals surface area contributed by atoms with Crippen molar-refractivity contribution in [2.75, 3.05) is 20.1 Å². The number of carbonyl (C=O) groups is 1. The summed E-state index contributed by atoms with van der Waals surface area (Å²) in [5, 5.41) is 0. The second-order valence-corrected chi connectivity index (χ2v) is 5.52. The lowest BCUT2D eigenvalue weighted by Crippen LogP contribution is -2.33. The van der Waals surface area contributed by atoms with Crippen LogP contribution < -0.4 is 0 Å². The number of aldehydes is 1. The summed E-state index contributed by atoms with van der Waals surface area (Å²) in [6.07, 6.45) is 8.43. The molecule has 2 aromatic heterocycles. The standard InChI is InChI=1S/C15H19N3O/c1-17-6-2-4-12(9-17)8-14-10-18-7-3-5-13(11-19)15(18)16-14/h3,5,7,10-12H,2,4,6,8-9H2,1H3. The third-order valence-electron chi connectivity index (χ3n) is 3.91. The number of rotatable bonds is 3. The summed E-state index contributed by atoms with van der Waals surface area (Å²) in [6, 6.07) is 3.70. The molecule has 4 nitrogen and oxygen atoms in total. The molecule has 1 unspecified atom stereocenters. The lowest BCUT2D eigenvalue weighted by atomic mass is 9.94. The molecular formula is C15H19N3O. The van der Waals surface area contributed by atoms with Crippen molar-refractivity contribution in [3.63, 3.8) is 0 Å². The maximum Gasteiger partial charge on any atom is 0.153 e. The predicted octanol–water partition coefficient (Wildman–Crippen LogP) is 2.03. The number of fused-ring (bicyclic) bond motifs is 1. The highest BCUT2D eigenvalue weighted by molar-refractivity contribution is 5.84. The minimum absolute atomic E-state index is 0.662. The van der Waals surface area contributed by atoms with Crippen LogP contribution in [0.15, 0.2) is 24.5 Å². The summed E-state index contributed by atoms with van der Waals surface area (Å²) in [5.74, 6) is 0.684. The van der Waals surface area contributed by atoms with Gasteiger partial charge in [-0.2, -0.15) is 0 Å². The van der Waals surface area contributed by atoms with E-state index in [1.165, 1.54) is 19.4 Å². The van der Waals surface area contributed by atoms with Crippen LogP contribution in [-0.2, 0) is 6.42 Å². The molecule has 0 aromatic carbocycles. The van der Waals surface area contributed by atoms with Crippen molar-refractivity contribution in [3.05, 3.63) is 35.8 Å².